The highest BCUT2D eigenvalue weighted by molar-refractivity contribution is 7.84. The summed E-state index contributed by atoms with van der Waals surface area (Å²) >= 11 is 6.54. The molecular weight excluding hydrogens is 512 g/mol. The van der Waals surface area contributed by atoms with Crippen LogP contribution in [-0.2, 0) is 15.8 Å². The van der Waals surface area contributed by atoms with Gasteiger partial charge in [-0.1, -0.05) is 11.6 Å². The molecule has 1 fully saturated rings. The van der Waals surface area contributed by atoms with Gasteiger partial charge in [0.15, 0.2) is 11.5 Å². The Hall–Kier alpha value is -2.96. The molecule has 0 saturated heterocycles. The third kappa shape index (κ3) is 4.37. The van der Waals surface area contributed by atoms with Crippen LogP contribution in [0.5, 0.6) is 0 Å². The SMILES string of the molecule is C[C@@H](N[S@](=O)C(C)(C)C)c1c(F)c(Cl)c(-c2cn3cc(NC(=O)[C@@H]4C[C@@H]4F)nc3cn2)c2cn[nH]c12. The number of hydrogen-bond acceptors (Lipinski definition) is 5. The molecule has 1 aliphatic carbocycles. The molecular formula is C23H24ClF2N7O2S. The van der Waals surface area contributed by atoms with Gasteiger partial charge in [0, 0.05) is 28.8 Å². The number of imidazole rings is 1. The molecule has 4 atom stereocenters. The highest BCUT2D eigenvalue weighted by Crippen LogP contribution is 2.40. The Balaban J connectivity index is 1.53. The van der Waals surface area contributed by atoms with Gasteiger partial charge >= 0.3 is 0 Å². The first-order chi connectivity index (χ1) is 17.0. The van der Waals surface area contributed by atoms with Crippen molar-refractivity contribution in [3.63, 3.8) is 0 Å². The van der Waals surface area contributed by atoms with Gasteiger partial charge in [-0.2, -0.15) is 5.10 Å². The number of nitrogens with zero attached hydrogens (tertiary/aromatic N) is 4. The van der Waals surface area contributed by atoms with Crippen LogP contribution in [0, 0.1) is 11.7 Å². The number of carbonyl (C=O) groups excluding carboxylic acids is 1. The Morgan fingerprint density at radius 3 is 2.72 bits per heavy atom. The van der Waals surface area contributed by atoms with Crippen molar-refractivity contribution >= 4 is 50.9 Å². The molecule has 0 unspecified atom stereocenters. The minimum absolute atomic E-state index is 0.155. The second kappa shape index (κ2) is 8.86. The molecule has 3 N–H and O–H groups in total. The highest BCUT2D eigenvalue weighted by Gasteiger charge is 2.43. The first-order valence-electron chi connectivity index (χ1n) is 11.3. The van der Waals surface area contributed by atoms with Gasteiger partial charge in [-0.25, -0.2) is 22.7 Å². The summed E-state index contributed by atoms with van der Waals surface area (Å²) in [4.78, 5) is 20.7. The summed E-state index contributed by atoms with van der Waals surface area (Å²) in [6.07, 6.45) is 5.26. The fraction of sp³-hybridized carbons (Fsp3) is 0.391. The van der Waals surface area contributed by atoms with Crippen LogP contribution < -0.4 is 10.0 Å². The summed E-state index contributed by atoms with van der Waals surface area (Å²) in [5.74, 6) is -1.49. The lowest BCUT2D eigenvalue weighted by Crippen LogP contribution is -2.35. The van der Waals surface area contributed by atoms with E-state index in [2.05, 4.69) is 30.2 Å². The number of aromatic amines is 1. The first-order valence-corrected chi connectivity index (χ1v) is 12.8. The number of fused-ring (bicyclic) bond motifs is 2. The van der Waals surface area contributed by atoms with Crippen molar-refractivity contribution < 1.29 is 17.8 Å². The topological polar surface area (TPSA) is 117 Å². The maximum Gasteiger partial charge on any atom is 0.231 e. The second-order valence-corrected chi connectivity index (χ2v) is 12.2. The fourth-order valence-corrected chi connectivity index (χ4v) is 5.03. The molecule has 3 heterocycles. The van der Waals surface area contributed by atoms with Crippen LogP contribution in [0.1, 0.15) is 45.7 Å². The lowest BCUT2D eigenvalue weighted by molar-refractivity contribution is -0.117. The van der Waals surface area contributed by atoms with E-state index >= 15 is 4.39 Å². The average molecular weight is 536 g/mol. The van der Waals surface area contributed by atoms with E-state index in [1.807, 2.05) is 20.8 Å². The normalized spacial score (nSPS) is 19.5. The Morgan fingerprint density at radius 2 is 2.06 bits per heavy atom. The van der Waals surface area contributed by atoms with Gasteiger partial charge in [0.05, 0.1) is 56.5 Å². The molecule has 0 spiro atoms. The number of anilines is 1. The first kappa shape index (κ1) is 24.7. The van der Waals surface area contributed by atoms with E-state index in [-0.39, 0.29) is 22.8 Å². The quantitative estimate of drug-likeness (QED) is 0.337. The number of rotatable bonds is 6. The molecule has 1 aromatic carbocycles. The van der Waals surface area contributed by atoms with E-state index in [0.717, 1.165) is 0 Å². The van der Waals surface area contributed by atoms with Gasteiger partial charge in [0.25, 0.3) is 0 Å². The Labute approximate surface area is 212 Å². The van der Waals surface area contributed by atoms with Crippen molar-refractivity contribution in [2.45, 2.75) is 51.1 Å². The lowest BCUT2D eigenvalue weighted by Gasteiger charge is -2.23. The summed E-state index contributed by atoms with van der Waals surface area (Å²) in [5, 5.41) is 9.90. The molecule has 1 amide bonds. The monoisotopic (exact) mass is 535 g/mol. The Bertz CT molecular complexity index is 1530. The molecule has 1 saturated carbocycles. The number of H-pyrrole nitrogens is 1. The Kier molecular flexibility index (Phi) is 6.08. The highest BCUT2D eigenvalue weighted by atomic mass is 35.5. The van der Waals surface area contributed by atoms with E-state index < -0.39 is 45.6 Å². The second-order valence-electron chi connectivity index (χ2n) is 9.81. The zero-order valence-electron chi connectivity index (χ0n) is 19.9. The number of hydrogen-bond donors (Lipinski definition) is 3. The molecule has 3 aromatic heterocycles. The minimum atomic E-state index is -1.44. The van der Waals surface area contributed by atoms with Crippen LogP contribution in [-0.4, -0.2) is 45.6 Å². The molecule has 9 nitrogen and oxygen atoms in total. The van der Waals surface area contributed by atoms with Crippen LogP contribution >= 0.6 is 11.6 Å². The van der Waals surface area contributed by atoms with E-state index in [1.165, 1.54) is 12.4 Å². The average Bonchev–Trinajstić information content (AvgIpc) is 3.16. The third-order valence-corrected chi connectivity index (χ3v) is 8.03. The van der Waals surface area contributed by atoms with Crippen LogP contribution in [0.15, 0.2) is 24.8 Å². The molecule has 0 radical (unpaired) electrons. The van der Waals surface area contributed by atoms with Crippen LogP contribution in [0.3, 0.4) is 0 Å². The summed E-state index contributed by atoms with van der Waals surface area (Å²) in [6, 6.07) is -0.634. The smallest absolute Gasteiger partial charge is 0.231 e. The third-order valence-electron chi connectivity index (χ3n) is 6.00. The number of alkyl halides is 1. The van der Waals surface area contributed by atoms with E-state index in [9.17, 15) is 13.4 Å². The van der Waals surface area contributed by atoms with Gasteiger partial charge < -0.3 is 9.72 Å². The molecule has 0 bridgehead atoms. The number of benzene rings is 1. The van der Waals surface area contributed by atoms with Crippen LogP contribution in [0.25, 0.3) is 27.8 Å². The van der Waals surface area contributed by atoms with E-state index in [0.29, 0.717) is 27.8 Å². The van der Waals surface area contributed by atoms with Crippen molar-refractivity contribution in [3.05, 3.63) is 41.2 Å². The van der Waals surface area contributed by atoms with E-state index in [4.69, 9.17) is 11.6 Å². The van der Waals surface area contributed by atoms with Crippen molar-refractivity contribution in [2.75, 3.05) is 5.32 Å². The van der Waals surface area contributed by atoms with Crippen LogP contribution in [0.2, 0.25) is 5.02 Å². The number of carbonyl (C=O) groups is 1. The maximum atomic E-state index is 15.7. The molecule has 36 heavy (non-hydrogen) atoms. The summed E-state index contributed by atoms with van der Waals surface area (Å²) < 4.78 is 45.5. The predicted octanol–water partition coefficient (Wildman–Crippen LogP) is 4.47. The van der Waals surface area contributed by atoms with Gasteiger partial charge in [0.1, 0.15) is 12.0 Å². The van der Waals surface area contributed by atoms with Crippen LogP contribution in [0.4, 0.5) is 14.6 Å². The van der Waals surface area contributed by atoms with Crippen molar-refractivity contribution in [1.29, 1.82) is 0 Å². The zero-order chi connectivity index (χ0) is 25.9. The predicted molar refractivity (Wildman–Crippen MR) is 134 cm³/mol. The zero-order valence-corrected chi connectivity index (χ0v) is 21.5. The fourth-order valence-electron chi connectivity index (χ4n) is 3.93. The van der Waals surface area contributed by atoms with Crippen molar-refractivity contribution in [2.24, 2.45) is 5.92 Å². The number of nitrogens with one attached hydrogen (secondary N) is 3. The van der Waals surface area contributed by atoms with Crippen molar-refractivity contribution in [3.8, 4) is 11.3 Å². The molecule has 1 aliphatic rings. The number of aromatic nitrogens is 5. The lowest BCUT2D eigenvalue weighted by atomic mass is 9.99. The number of halogens is 3. The van der Waals surface area contributed by atoms with Gasteiger partial charge in [0.2, 0.25) is 5.91 Å². The summed E-state index contributed by atoms with van der Waals surface area (Å²) in [7, 11) is -1.44. The molecule has 190 valence electrons. The number of amides is 1. The summed E-state index contributed by atoms with van der Waals surface area (Å²) in [6.45, 7) is 7.16. The Morgan fingerprint density at radius 1 is 1.33 bits per heavy atom. The molecule has 4 aromatic rings. The van der Waals surface area contributed by atoms with Gasteiger partial charge in [-0.15, -0.1) is 0 Å². The largest absolute Gasteiger partial charge is 0.309 e. The minimum Gasteiger partial charge on any atom is -0.309 e. The molecule has 0 aliphatic heterocycles. The van der Waals surface area contributed by atoms with E-state index in [1.54, 1.807) is 23.7 Å². The van der Waals surface area contributed by atoms with Crippen molar-refractivity contribution in [1.82, 2.24) is 29.3 Å². The summed E-state index contributed by atoms with van der Waals surface area (Å²) in [5.41, 5.74) is 1.73. The molecule has 13 heteroatoms. The standard InChI is InChI=1S/C23H24ClF2N7O2S/c1-10(32-36(35)23(2,3)4)17-20(26)19(24)18(12-6-28-31-21(12)17)14-8-33-9-15(29-16(33)7-27-14)30-22(34)11-5-13(11)25/h6-11,13,32H,5H2,1-4H3,(H,28,31)(H,30,34)/t10-,11-,13+,36-/m1/s1. The van der Waals surface area contributed by atoms with Gasteiger partial charge in [-0.3, -0.25) is 14.9 Å². The molecule has 5 rings (SSSR count). The van der Waals surface area contributed by atoms with Gasteiger partial charge in [-0.05, 0) is 34.1 Å². The maximum absolute atomic E-state index is 15.7.